The highest BCUT2D eigenvalue weighted by Crippen LogP contribution is 2.26. The lowest BCUT2D eigenvalue weighted by Crippen LogP contribution is -2.37. The van der Waals surface area contributed by atoms with Crippen LogP contribution in [-0.2, 0) is 9.47 Å². The van der Waals surface area contributed by atoms with Crippen molar-refractivity contribution in [1.82, 2.24) is 5.32 Å². The summed E-state index contributed by atoms with van der Waals surface area (Å²) in [5.41, 5.74) is 0. The van der Waals surface area contributed by atoms with Gasteiger partial charge in [0.15, 0.2) is 0 Å². The number of aliphatic hydroxyl groups excluding tert-OH is 1. The number of hydrogen-bond acceptors (Lipinski definition) is 4. The number of hydrogen-bond donors (Lipinski definition) is 2. The summed E-state index contributed by atoms with van der Waals surface area (Å²) >= 11 is 0. The Bertz CT molecular complexity index is 256. The lowest BCUT2D eigenvalue weighted by molar-refractivity contribution is -0.0456. The Kier molecular flexibility index (Phi) is 7.28. The standard InChI is InChI=1S/C16H31NO3/c1-13-5-2-3-7-16(13)20-12-15(18)10-17-9-14-6-4-8-19-11-14/h13-18H,2-12H2,1H3. The van der Waals surface area contributed by atoms with Gasteiger partial charge in [0, 0.05) is 19.7 Å². The fourth-order valence-electron chi connectivity index (χ4n) is 3.25. The van der Waals surface area contributed by atoms with Gasteiger partial charge in [0.2, 0.25) is 0 Å². The Morgan fingerprint density at radius 2 is 2.10 bits per heavy atom. The highest BCUT2D eigenvalue weighted by Gasteiger charge is 2.22. The third-order valence-corrected chi connectivity index (χ3v) is 4.60. The van der Waals surface area contributed by atoms with E-state index in [2.05, 4.69) is 12.2 Å². The summed E-state index contributed by atoms with van der Waals surface area (Å²) in [6, 6.07) is 0. The van der Waals surface area contributed by atoms with Crippen LogP contribution in [0.4, 0.5) is 0 Å². The normalized spacial score (nSPS) is 33.0. The van der Waals surface area contributed by atoms with Crippen LogP contribution in [0.5, 0.6) is 0 Å². The summed E-state index contributed by atoms with van der Waals surface area (Å²) in [6.07, 6.45) is 7.37. The summed E-state index contributed by atoms with van der Waals surface area (Å²) in [7, 11) is 0. The van der Waals surface area contributed by atoms with Crippen molar-refractivity contribution in [3.8, 4) is 0 Å². The van der Waals surface area contributed by atoms with Crippen LogP contribution in [-0.4, -0.2) is 50.2 Å². The van der Waals surface area contributed by atoms with Crippen molar-refractivity contribution in [2.75, 3.05) is 32.9 Å². The first-order chi connectivity index (χ1) is 9.75. The maximum absolute atomic E-state index is 9.98. The zero-order valence-electron chi connectivity index (χ0n) is 12.9. The van der Waals surface area contributed by atoms with E-state index in [1.54, 1.807) is 0 Å². The number of ether oxygens (including phenoxy) is 2. The van der Waals surface area contributed by atoms with Gasteiger partial charge < -0.3 is 19.9 Å². The number of nitrogens with one attached hydrogen (secondary N) is 1. The maximum Gasteiger partial charge on any atom is 0.0897 e. The summed E-state index contributed by atoms with van der Waals surface area (Å²) in [5.74, 6) is 1.25. The average Bonchev–Trinajstić information content (AvgIpc) is 2.47. The minimum atomic E-state index is -0.395. The van der Waals surface area contributed by atoms with Crippen LogP contribution in [0.15, 0.2) is 0 Å². The maximum atomic E-state index is 9.98. The third kappa shape index (κ3) is 5.68. The molecule has 1 aliphatic heterocycles. The molecule has 4 unspecified atom stereocenters. The molecular formula is C16H31NO3. The van der Waals surface area contributed by atoms with Crippen LogP contribution < -0.4 is 5.32 Å². The fourth-order valence-corrected chi connectivity index (χ4v) is 3.25. The quantitative estimate of drug-likeness (QED) is 0.751. The number of rotatable bonds is 7. The average molecular weight is 285 g/mol. The molecule has 20 heavy (non-hydrogen) atoms. The first-order valence-corrected chi connectivity index (χ1v) is 8.34. The van der Waals surface area contributed by atoms with E-state index in [9.17, 15) is 5.11 Å². The van der Waals surface area contributed by atoms with Gasteiger partial charge in [-0.2, -0.15) is 0 Å². The third-order valence-electron chi connectivity index (χ3n) is 4.60. The zero-order valence-corrected chi connectivity index (χ0v) is 12.9. The SMILES string of the molecule is CC1CCCCC1OCC(O)CNCC1CCCOC1. The molecule has 4 heteroatoms. The molecule has 0 bridgehead atoms. The van der Waals surface area contributed by atoms with Crippen molar-refractivity contribution in [3.05, 3.63) is 0 Å². The topological polar surface area (TPSA) is 50.7 Å². The molecule has 1 heterocycles. The summed E-state index contributed by atoms with van der Waals surface area (Å²) < 4.78 is 11.3. The Morgan fingerprint density at radius 1 is 1.25 bits per heavy atom. The second-order valence-electron chi connectivity index (χ2n) is 6.53. The zero-order chi connectivity index (χ0) is 14.2. The van der Waals surface area contributed by atoms with Crippen molar-refractivity contribution >= 4 is 0 Å². The van der Waals surface area contributed by atoms with E-state index in [4.69, 9.17) is 9.47 Å². The van der Waals surface area contributed by atoms with Crippen molar-refractivity contribution < 1.29 is 14.6 Å². The largest absolute Gasteiger partial charge is 0.389 e. The Hall–Kier alpha value is -0.160. The predicted octanol–water partition coefficient (Wildman–Crippen LogP) is 1.96. The molecule has 0 aromatic heterocycles. The Balaban J connectivity index is 1.52. The minimum absolute atomic E-state index is 0.352. The van der Waals surface area contributed by atoms with Crippen LogP contribution in [0.25, 0.3) is 0 Å². The molecule has 118 valence electrons. The molecule has 0 aromatic rings. The second kappa shape index (κ2) is 8.98. The van der Waals surface area contributed by atoms with Crippen molar-refractivity contribution in [1.29, 1.82) is 0 Å². The van der Waals surface area contributed by atoms with Gasteiger partial charge in [0.25, 0.3) is 0 Å². The van der Waals surface area contributed by atoms with E-state index < -0.39 is 6.10 Å². The molecule has 2 rings (SSSR count). The first-order valence-electron chi connectivity index (χ1n) is 8.34. The van der Waals surface area contributed by atoms with Gasteiger partial charge in [0.05, 0.1) is 25.4 Å². The smallest absolute Gasteiger partial charge is 0.0897 e. The molecule has 0 aromatic carbocycles. The van der Waals surface area contributed by atoms with E-state index in [-0.39, 0.29) is 0 Å². The fraction of sp³-hybridized carbons (Fsp3) is 1.00. The van der Waals surface area contributed by atoms with Crippen molar-refractivity contribution in [2.45, 2.75) is 57.7 Å². The van der Waals surface area contributed by atoms with Crippen LogP contribution in [0.1, 0.15) is 45.4 Å². The van der Waals surface area contributed by atoms with E-state index in [1.807, 2.05) is 0 Å². The molecule has 2 aliphatic rings. The molecule has 0 spiro atoms. The molecule has 2 N–H and O–H groups in total. The van der Waals surface area contributed by atoms with Crippen LogP contribution in [0.3, 0.4) is 0 Å². The monoisotopic (exact) mass is 285 g/mol. The van der Waals surface area contributed by atoms with E-state index in [0.717, 1.165) is 32.6 Å². The van der Waals surface area contributed by atoms with Crippen molar-refractivity contribution in [3.63, 3.8) is 0 Å². The van der Waals surface area contributed by atoms with Gasteiger partial charge in [-0.15, -0.1) is 0 Å². The van der Waals surface area contributed by atoms with Gasteiger partial charge in [0.1, 0.15) is 0 Å². The summed E-state index contributed by atoms with van der Waals surface area (Å²) in [6.45, 7) is 6.06. The Morgan fingerprint density at radius 3 is 2.85 bits per heavy atom. The lowest BCUT2D eigenvalue weighted by atomic mass is 9.88. The molecule has 0 radical (unpaired) electrons. The molecule has 1 saturated heterocycles. The van der Waals surface area contributed by atoms with Gasteiger partial charge in [-0.1, -0.05) is 19.8 Å². The van der Waals surface area contributed by atoms with Crippen LogP contribution in [0.2, 0.25) is 0 Å². The molecule has 1 saturated carbocycles. The second-order valence-corrected chi connectivity index (χ2v) is 6.53. The molecular weight excluding hydrogens is 254 g/mol. The van der Waals surface area contributed by atoms with Gasteiger partial charge in [-0.05, 0) is 37.5 Å². The number of aliphatic hydroxyl groups is 1. The predicted molar refractivity (Wildman–Crippen MR) is 79.8 cm³/mol. The highest BCUT2D eigenvalue weighted by molar-refractivity contribution is 4.73. The molecule has 2 fully saturated rings. The van der Waals surface area contributed by atoms with E-state index >= 15 is 0 Å². The van der Waals surface area contributed by atoms with Crippen LogP contribution >= 0.6 is 0 Å². The lowest BCUT2D eigenvalue weighted by Gasteiger charge is -2.29. The first kappa shape index (κ1) is 16.2. The molecule has 4 nitrogen and oxygen atoms in total. The summed E-state index contributed by atoms with van der Waals surface area (Å²) in [4.78, 5) is 0. The molecule has 1 aliphatic carbocycles. The van der Waals surface area contributed by atoms with E-state index in [0.29, 0.717) is 31.1 Å². The highest BCUT2D eigenvalue weighted by atomic mass is 16.5. The van der Waals surface area contributed by atoms with Gasteiger partial charge in [-0.3, -0.25) is 0 Å². The molecule has 0 amide bonds. The minimum Gasteiger partial charge on any atom is -0.389 e. The molecule has 4 atom stereocenters. The van der Waals surface area contributed by atoms with Crippen LogP contribution in [0, 0.1) is 11.8 Å². The summed E-state index contributed by atoms with van der Waals surface area (Å²) in [5, 5.41) is 13.3. The Labute approximate surface area is 123 Å². The van der Waals surface area contributed by atoms with E-state index in [1.165, 1.54) is 25.7 Å². The van der Waals surface area contributed by atoms with Crippen molar-refractivity contribution in [2.24, 2.45) is 11.8 Å². The van der Waals surface area contributed by atoms with Gasteiger partial charge in [-0.25, -0.2) is 0 Å². The van der Waals surface area contributed by atoms with Gasteiger partial charge >= 0.3 is 0 Å².